The van der Waals surface area contributed by atoms with Crippen LogP contribution in [0.3, 0.4) is 0 Å². The third-order valence-electron chi connectivity index (χ3n) is 2.66. The second kappa shape index (κ2) is 5.05. The molecule has 0 radical (unpaired) electrons. The van der Waals surface area contributed by atoms with Crippen molar-refractivity contribution in [3.8, 4) is 0 Å². The van der Waals surface area contributed by atoms with Crippen LogP contribution in [0.4, 0.5) is 0 Å². The maximum atomic E-state index is 10.7. The van der Waals surface area contributed by atoms with E-state index >= 15 is 0 Å². The van der Waals surface area contributed by atoms with Gasteiger partial charge in [0.15, 0.2) is 0 Å². The zero-order valence-electron chi connectivity index (χ0n) is 8.56. The number of benzene rings is 1. The predicted octanol–water partition coefficient (Wildman–Crippen LogP) is 1.13. The molecular weight excluding hydrogens is 190 g/mol. The zero-order chi connectivity index (χ0) is 10.5. The van der Waals surface area contributed by atoms with Gasteiger partial charge in [-0.15, -0.1) is 0 Å². The number of nitrogens with one attached hydrogen (secondary N) is 1. The van der Waals surface area contributed by atoms with Gasteiger partial charge in [-0.1, -0.05) is 30.3 Å². The number of hydrogen-bond donors (Lipinski definition) is 1. The van der Waals surface area contributed by atoms with Crippen molar-refractivity contribution in [1.82, 2.24) is 5.32 Å². The summed E-state index contributed by atoms with van der Waals surface area (Å²) in [5.41, 5.74) is 1.15. The Morgan fingerprint density at radius 2 is 2.20 bits per heavy atom. The fraction of sp³-hybridized carbons (Fsp3) is 0.417. The Balaban J connectivity index is 1.85. The highest BCUT2D eigenvalue weighted by Crippen LogP contribution is 2.12. The van der Waals surface area contributed by atoms with Crippen LogP contribution in [0.5, 0.6) is 0 Å². The number of carbonyl (C=O) groups is 1. The van der Waals surface area contributed by atoms with E-state index in [9.17, 15) is 4.79 Å². The van der Waals surface area contributed by atoms with Crippen LogP contribution in [0.1, 0.15) is 12.0 Å². The summed E-state index contributed by atoms with van der Waals surface area (Å²) in [5.74, 6) is 0. The highest BCUT2D eigenvalue weighted by molar-refractivity contribution is 5.59. The van der Waals surface area contributed by atoms with E-state index in [2.05, 4.69) is 5.32 Å². The summed E-state index contributed by atoms with van der Waals surface area (Å²) in [6.07, 6.45) is 1.88. The first-order chi connectivity index (χ1) is 7.40. The van der Waals surface area contributed by atoms with Gasteiger partial charge in [0.2, 0.25) is 0 Å². The SMILES string of the molecule is O=C[C@@H]1NCCC1OCc1ccccc1. The molecule has 1 aromatic rings. The summed E-state index contributed by atoms with van der Waals surface area (Å²) in [4.78, 5) is 10.7. The monoisotopic (exact) mass is 205 g/mol. The third kappa shape index (κ3) is 2.64. The summed E-state index contributed by atoms with van der Waals surface area (Å²) in [6, 6.07) is 9.88. The lowest BCUT2D eigenvalue weighted by molar-refractivity contribution is -0.112. The molecule has 0 amide bonds. The Kier molecular flexibility index (Phi) is 3.48. The second-order valence-electron chi connectivity index (χ2n) is 3.74. The number of rotatable bonds is 4. The van der Waals surface area contributed by atoms with E-state index in [1.54, 1.807) is 0 Å². The lowest BCUT2D eigenvalue weighted by Gasteiger charge is -2.14. The maximum Gasteiger partial charge on any atom is 0.139 e. The van der Waals surface area contributed by atoms with Crippen molar-refractivity contribution in [3.05, 3.63) is 35.9 Å². The molecular formula is C12H15NO2. The van der Waals surface area contributed by atoms with Gasteiger partial charge in [-0.25, -0.2) is 0 Å². The Hall–Kier alpha value is -1.19. The lowest BCUT2D eigenvalue weighted by atomic mass is 10.2. The van der Waals surface area contributed by atoms with Crippen LogP contribution in [-0.4, -0.2) is 25.0 Å². The number of ether oxygens (including phenoxy) is 1. The molecule has 2 atom stereocenters. The van der Waals surface area contributed by atoms with Gasteiger partial charge in [-0.05, 0) is 18.5 Å². The van der Waals surface area contributed by atoms with E-state index in [-0.39, 0.29) is 12.1 Å². The molecule has 0 bridgehead atoms. The molecule has 1 unspecified atom stereocenters. The van der Waals surface area contributed by atoms with E-state index in [1.165, 1.54) is 0 Å². The van der Waals surface area contributed by atoms with Crippen LogP contribution in [-0.2, 0) is 16.1 Å². The van der Waals surface area contributed by atoms with Crippen molar-refractivity contribution < 1.29 is 9.53 Å². The quantitative estimate of drug-likeness (QED) is 0.749. The average molecular weight is 205 g/mol. The molecule has 2 rings (SSSR count). The molecule has 1 N–H and O–H groups in total. The number of hydrogen-bond acceptors (Lipinski definition) is 3. The van der Waals surface area contributed by atoms with Gasteiger partial charge in [-0.2, -0.15) is 0 Å². The Morgan fingerprint density at radius 3 is 2.93 bits per heavy atom. The van der Waals surface area contributed by atoms with E-state index in [1.807, 2.05) is 30.3 Å². The lowest BCUT2D eigenvalue weighted by Crippen LogP contribution is -2.33. The van der Waals surface area contributed by atoms with Crippen LogP contribution in [0, 0.1) is 0 Å². The van der Waals surface area contributed by atoms with E-state index < -0.39 is 0 Å². The van der Waals surface area contributed by atoms with Gasteiger partial charge in [0.25, 0.3) is 0 Å². The summed E-state index contributed by atoms with van der Waals surface area (Å²) in [5, 5.41) is 3.10. The largest absolute Gasteiger partial charge is 0.371 e. The minimum atomic E-state index is -0.131. The molecule has 1 heterocycles. The first kappa shape index (κ1) is 10.3. The minimum absolute atomic E-state index is 0.0303. The zero-order valence-corrected chi connectivity index (χ0v) is 8.56. The molecule has 1 fully saturated rings. The van der Waals surface area contributed by atoms with Gasteiger partial charge >= 0.3 is 0 Å². The van der Waals surface area contributed by atoms with Crippen LogP contribution >= 0.6 is 0 Å². The smallest absolute Gasteiger partial charge is 0.139 e. The van der Waals surface area contributed by atoms with Gasteiger partial charge in [0.05, 0.1) is 18.8 Å². The summed E-state index contributed by atoms with van der Waals surface area (Å²) in [6.45, 7) is 1.44. The van der Waals surface area contributed by atoms with Gasteiger partial charge in [0, 0.05) is 0 Å². The number of aldehydes is 1. The average Bonchev–Trinajstić information content (AvgIpc) is 2.75. The molecule has 80 valence electrons. The Bertz CT molecular complexity index is 313. The van der Waals surface area contributed by atoms with Crippen LogP contribution in [0.15, 0.2) is 30.3 Å². The highest BCUT2D eigenvalue weighted by atomic mass is 16.5. The normalized spacial score (nSPS) is 25.3. The van der Waals surface area contributed by atoms with Crippen LogP contribution in [0.25, 0.3) is 0 Å². The molecule has 1 aliphatic heterocycles. The Labute approximate surface area is 89.4 Å². The first-order valence-electron chi connectivity index (χ1n) is 5.24. The molecule has 0 aromatic heterocycles. The first-order valence-corrected chi connectivity index (χ1v) is 5.24. The molecule has 0 aliphatic carbocycles. The molecule has 3 heteroatoms. The van der Waals surface area contributed by atoms with Gasteiger partial charge < -0.3 is 14.8 Å². The van der Waals surface area contributed by atoms with E-state index in [0.717, 1.165) is 24.8 Å². The van der Waals surface area contributed by atoms with Crippen molar-refractivity contribution in [3.63, 3.8) is 0 Å². The molecule has 1 aliphatic rings. The molecule has 0 spiro atoms. The molecule has 1 saturated heterocycles. The topological polar surface area (TPSA) is 38.3 Å². The molecule has 1 aromatic carbocycles. The molecule has 15 heavy (non-hydrogen) atoms. The fourth-order valence-corrected chi connectivity index (χ4v) is 1.80. The highest BCUT2D eigenvalue weighted by Gasteiger charge is 2.26. The standard InChI is InChI=1S/C12H15NO2/c14-8-11-12(6-7-13-11)15-9-10-4-2-1-3-5-10/h1-5,8,11-13H,6-7,9H2/t11-,12?/m0/s1. The maximum absolute atomic E-state index is 10.7. The van der Waals surface area contributed by atoms with Gasteiger partial charge in [0.1, 0.15) is 6.29 Å². The van der Waals surface area contributed by atoms with Crippen LogP contribution < -0.4 is 5.32 Å². The fourth-order valence-electron chi connectivity index (χ4n) is 1.80. The predicted molar refractivity (Wildman–Crippen MR) is 57.5 cm³/mol. The van der Waals surface area contributed by atoms with Crippen molar-refractivity contribution in [2.75, 3.05) is 6.54 Å². The van der Waals surface area contributed by atoms with Crippen molar-refractivity contribution in [2.24, 2.45) is 0 Å². The summed E-state index contributed by atoms with van der Waals surface area (Å²) < 4.78 is 5.70. The Morgan fingerprint density at radius 1 is 1.40 bits per heavy atom. The van der Waals surface area contributed by atoms with E-state index in [0.29, 0.717) is 6.61 Å². The van der Waals surface area contributed by atoms with Crippen molar-refractivity contribution in [2.45, 2.75) is 25.2 Å². The van der Waals surface area contributed by atoms with Crippen molar-refractivity contribution in [1.29, 1.82) is 0 Å². The molecule has 3 nitrogen and oxygen atoms in total. The van der Waals surface area contributed by atoms with Gasteiger partial charge in [-0.3, -0.25) is 0 Å². The van der Waals surface area contributed by atoms with E-state index in [4.69, 9.17) is 4.74 Å². The molecule has 0 saturated carbocycles. The number of carbonyl (C=O) groups excluding carboxylic acids is 1. The summed E-state index contributed by atoms with van der Waals surface area (Å²) >= 11 is 0. The van der Waals surface area contributed by atoms with Crippen LogP contribution in [0.2, 0.25) is 0 Å². The summed E-state index contributed by atoms with van der Waals surface area (Å²) in [7, 11) is 0. The second-order valence-corrected chi connectivity index (χ2v) is 3.74. The minimum Gasteiger partial charge on any atom is -0.371 e. The third-order valence-corrected chi connectivity index (χ3v) is 2.66. The van der Waals surface area contributed by atoms with Crippen molar-refractivity contribution >= 4 is 6.29 Å².